The van der Waals surface area contributed by atoms with Crippen LogP contribution in [-0.2, 0) is 0 Å². The summed E-state index contributed by atoms with van der Waals surface area (Å²) in [5.74, 6) is 0. The van der Waals surface area contributed by atoms with Gasteiger partial charge in [0.05, 0.1) is 18.7 Å². The molecule has 12 heavy (non-hydrogen) atoms. The molecule has 0 aliphatic rings. The smallest absolute Gasteiger partial charge is 0.308 e. The molecule has 0 aromatic carbocycles. The minimum absolute atomic E-state index is 0.533. The molecule has 0 aliphatic carbocycles. The van der Waals surface area contributed by atoms with Crippen molar-refractivity contribution in [1.29, 1.82) is 0 Å². The Labute approximate surface area is 69.8 Å². The van der Waals surface area contributed by atoms with Crippen LogP contribution >= 0.6 is 0 Å². The van der Waals surface area contributed by atoms with Gasteiger partial charge in [-0.2, -0.15) is 4.39 Å². The topological polar surface area (TPSA) is 41.4 Å². The minimum atomic E-state index is -0.737. The fourth-order valence-corrected chi connectivity index (χ4v) is 0.554. The van der Waals surface area contributed by atoms with Gasteiger partial charge >= 0.3 is 6.08 Å². The summed E-state index contributed by atoms with van der Waals surface area (Å²) in [6, 6.07) is 0. The lowest BCUT2D eigenvalue weighted by Gasteiger charge is -2.01. The lowest BCUT2D eigenvalue weighted by molar-refractivity contribution is 0.539. The molecule has 0 spiro atoms. The molecule has 5 heteroatoms. The molecule has 0 atom stereocenters. The Balaban J connectivity index is 2.71. The zero-order chi connectivity index (χ0) is 8.97. The summed E-state index contributed by atoms with van der Waals surface area (Å²) in [7, 11) is 3.68. The quantitative estimate of drug-likeness (QED) is 0.373. The summed E-state index contributed by atoms with van der Waals surface area (Å²) < 4.78 is 12.2. The van der Waals surface area contributed by atoms with E-state index in [4.69, 9.17) is 0 Å². The Morgan fingerprint density at radius 2 is 2.00 bits per heavy atom. The molecule has 0 fully saturated rings. The average molecular weight is 168 g/mol. The lowest BCUT2D eigenvalue weighted by Crippen LogP contribution is -2.07. The Hall–Kier alpha value is -1.52. The van der Waals surface area contributed by atoms with Crippen LogP contribution in [0.25, 0.3) is 0 Å². The van der Waals surface area contributed by atoms with Crippen molar-refractivity contribution in [2.45, 2.75) is 0 Å². The summed E-state index contributed by atoms with van der Waals surface area (Å²) in [6.45, 7) is 0. The predicted octanol–water partition coefficient (Wildman–Crippen LogP) is 0.837. The summed E-state index contributed by atoms with van der Waals surface area (Å²) in [6.07, 6.45) is 3.50. The molecule has 0 N–H and O–H groups in total. The molecule has 0 aliphatic heterocycles. The first-order valence-electron chi connectivity index (χ1n) is 3.36. The van der Waals surface area contributed by atoms with Gasteiger partial charge in [0, 0.05) is 14.1 Å². The van der Waals surface area contributed by atoms with Gasteiger partial charge < -0.3 is 4.90 Å². The molecule has 0 radical (unpaired) electrons. The SMILES string of the molecule is CN(C)C=Nc1cnc(F)nc1. The first-order valence-corrected chi connectivity index (χ1v) is 3.36. The largest absolute Gasteiger partial charge is 0.369 e. The van der Waals surface area contributed by atoms with Crippen LogP contribution in [0.2, 0.25) is 0 Å². The van der Waals surface area contributed by atoms with Crippen LogP contribution < -0.4 is 0 Å². The Morgan fingerprint density at radius 3 is 2.50 bits per heavy atom. The molecule has 0 saturated carbocycles. The molecule has 0 saturated heterocycles. The zero-order valence-electron chi connectivity index (χ0n) is 6.90. The van der Waals surface area contributed by atoms with Crippen molar-refractivity contribution < 1.29 is 4.39 Å². The maximum Gasteiger partial charge on any atom is 0.308 e. The van der Waals surface area contributed by atoms with E-state index in [1.54, 1.807) is 11.2 Å². The van der Waals surface area contributed by atoms with Gasteiger partial charge in [-0.25, -0.2) is 15.0 Å². The number of hydrogen-bond donors (Lipinski definition) is 0. The summed E-state index contributed by atoms with van der Waals surface area (Å²) in [5.41, 5.74) is 0.533. The van der Waals surface area contributed by atoms with Crippen molar-refractivity contribution >= 4 is 12.0 Å². The molecule has 4 nitrogen and oxygen atoms in total. The highest BCUT2D eigenvalue weighted by molar-refractivity contribution is 5.59. The zero-order valence-corrected chi connectivity index (χ0v) is 6.90. The van der Waals surface area contributed by atoms with Gasteiger partial charge in [0.25, 0.3) is 0 Å². The summed E-state index contributed by atoms with van der Waals surface area (Å²) >= 11 is 0. The van der Waals surface area contributed by atoms with E-state index < -0.39 is 6.08 Å². The maximum atomic E-state index is 12.2. The van der Waals surface area contributed by atoms with Crippen molar-refractivity contribution in [2.24, 2.45) is 4.99 Å². The molecule has 0 bridgehead atoms. The first-order chi connectivity index (χ1) is 5.68. The highest BCUT2D eigenvalue weighted by Crippen LogP contribution is 2.05. The monoisotopic (exact) mass is 168 g/mol. The van der Waals surface area contributed by atoms with E-state index in [1.807, 2.05) is 14.1 Å². The van der Waals surface area contributed by atoms with Crippen LogP contribution in [0.3, 0.4) is 0 Å². The standard InChI is InChI=1S/C7H9FN4/c1-12(2)5-11-6-3-9-7(8)10-4-6/h3-5H,1-2H3. The number of aromatic nitrogens is 2. The molecule has 1 rings (SSSR count). The third-order valence-electron chi connectivity index (χ3n) is 1.04. The van der Waals surface area contributed by atoms with Crippen molar-refractivity contribution in [1.82, 2.24) is 14.9 Å². The second kappa shape index (κ2) is 3.75. The highest BCUT2D eigenvalue weighted by Gasteiger charge is 1.91. The number of aliphatic imine (C=N–C) groups is 1. The number of halogens is 1. The predicted molar refractivity (Wildman–Crippen MR) is 43.8 cm³/mol. The summed E-state index contributed by atoms with van der Waals surface area (Å²) in [4.78, 5) is 12.4. The summed E-state index contributed by atoms with van der Waals surface area (Å²) in [5, 5.41) is 0. The molecule has 64 valence electrons. The molecule has 0 unspecified atom stereocenters. The Kier molecular flexibility index (Phi) is 2.68. The molecule has 1 aromatic rings. The van der Waals surface area contributed by atoms with Crippen molar-refractivity contribution in [3.05, 3.63) is 18.5 Å². The van der Waals surface area contributed by atoms with Gasteiger partial charge in [-0.1, -0.05) is 0 Å². The number of nitrogens with zero attached hydrogens (tertiary/aromatic N) is 4. The first kappa shape index (κ1) is 8.58. The van der Waals surface area contributed by atoms with Crippen LogP contribution in [0.5, 0.6) is 0 Å². The third kappa shape index (κ3) is 2.61. The average Bonchev–Trinajstić information content (AvgIpc) is 2.03. The fourth-order valence-electron chi connectivity index (χ4n) is 0.554. The Morgan fingerprint density at radius 1 is 1.42 bits per heavy atom. The van der Waals surface area contributed by atoms with Crippen LogP contribution in [0.1, 0.15) is 0 Å². The van der Waals surface area contributed by atoms with Gasteiger partial charge in [0.1, 0.15) is 5.69 Å². The van der Waals surface area contributed by atoms with Gasteiger partial charge in [-0.15, -0.1) is 0 Å². The van der Waals surface area contributed by atoms with Crippen molar-refractivity contribution in [2.75, 3.05) is 14.1 Å². The number of hydrogen-bond acceptors (Lipinski definition) is 3. The van der Waals surface area contributed by atoms with E-state index in [0.29, 0.717) is 5.69 Å². The second-order valence-corrected chi connectivity index (χ2v) is 2.42. The molecular weight excluding hydrogens is 159 g/mol. The van der Waals surface area contributed by atoms with Crippen molar-refractivity contribution in [3.63, 3.8) is 0 Å². The van der Waals surface area contributed by atoms with Crippen molar-refractivity contribution in [3.8, 4) is 0 Å². The van der Waals surface area contributed by atoms with E-state index in [9.17, 15) is 4.39 Å². The maximum absolute atomic E-state index is 12.2. The van der Waals surface area contributed by atoms with E-state index in [-0.39, 0.29) is 0 Å². The van der Waals surface area contributed by atoms with Crippen LogP contribution in [0.15, 0.2) is 17.4 Å². The van der Waals surface area contributed by atoms with E-state index >= 15 is 0 Å². The van der Waals surface area contributed by atoms with E-state index in [2.05, 4.69) is 15.0 Å². The van der Waals surface area contributed by atoms with Crippen LogP contribution in [0, 0.1) is 6.08 Å². The third-order valence-corrected chi connectivity index (χ3v) is 1.04. The number of rotatable bonds is 2. The van der Waals surface area contributed by atoms with Crippen LogP contribution in [0.4, 0.5) is 10.1 Å². The van der Waals surface area contributed by atoms with E-state index in [0.717, 1.165) is 0 Å². The normalized spacial score (nSPS) is 10.6. The fraction of sp³-hybridized carbons (Fsp3) is 0.286. The highest BCUT2D eigenvalue weighted by atomic mass is 19.1. The molecule has 1 aromatic heterocycles. The lowest BCUT2D eigenvalue weighted by atomic mass is 10.6. The van der Waals surface area contributed by atoms with E-state index in [1.165, 1.54) is 12.4 Å². The Bertz CT molecular complexity index is 267. The molecule has 0 amide bonds. The second-order valence-electron chi connectivity index (χ2n) is 2.42. The van der Waals surface area contributed by atoms with Gasteiger partial charge in [-0.3, -0.25) is 0 Å². The molecular formula is C7H9FN4. The van der Waals surface area contributed by atoms with Crippen LogP contribution in [-0.4, -0.2) is 35.3 Å². The van der Waals surface area contributed by atoms with Gasteiger partial charge in [0.15, 0.2) is 0 Å². The minimum Gasteiger partial charge on any atom is -0.369 e. The van der Waals surface area contributed by atoms with Gasteiger partial charge in [0.2, 0.25) is 0 Å². The molecule has 1 heterocycles. The van der Waals surface area contributed by atoms with Gasteiger partial charge in [-0.05, 0) is 0 Å².